The van der Waals surface area contributed by atoms with Crippen LogP contribution in [0.2, 0.25) is 0 Å². The largest absolute Gasteiger partial charge is 0.449 e. The first-order chi connectivity index (χ1) is 16.5. The predicted molar refractivity (Wildman–Crippen MR) is 108 cm³/mol. The number of nitrogens with one attached hydrogen (secondary N) is 1. The van der Waals surface area contributed by atoms with Gasteiger partial charge in [-0.15, -0.1) is 10.2 Å². The summed E-state index contributed by atoms with van der Waals surface area (Å²) in [5.74, 6) is -5.37. The Bertz CT molecular complexity index is 1230. The van der Waals surface area contributed by atoms with Crippen molar-refractivity contribution in [2.24, 2.45) is 5.73 Å². The van der Waals surface area contributed by atoms with E-state index in [9.17, 15) is 31.1 Å². The van der Waals surface area contributed by atoms with Gasteiger partial charge in [-0.05, 0) is 29.7 Å². The Kier molecular flexibility index (Phi) is 6.53. The van der Waals surface area contributed by atoms with Gasteiger partial charge in [-0.2, -0.15) is 18.4 Å². The van der Waals surface area contributed by atoms with Gasteiger partial charge in [-0.25, -0.2) is 18.2 Å². The van der Waals surface area contributed by atoms with Crippen LogP contribution in [0.3, 0.4) is 0 Å². The lowest BCUT2D eigenvalue weighted by Crippen LogP contribution is -2.48. The summed E-state index contributed by atoms with van der Waals surface area (Å²) in [6.07, 6.45) is -4.96. The third kappa shape index (κ3) is 4.85. The number of hydrogen-bond acceptors (Lipinski definition) is 6. The van der Waals surface area contributed by atoms with E-state index in [1.807, 2.05) is 0 Å². The van der Waals surface area contributed by atoms with Crippen LogP contribution in [0.5, 0.6) is 0 Å². The van der Waals surface area contributed by atoms with Gasteiger partial charge in [-0.3, -0.25) is 4.79 Å². The fourth-order valence-corrected chi connectivity index (χ4v) is 4.16. The van der Waals surface area contributed by atoms with Crippen molar-refractivity contribution >= 4 is 5.91 Å². The topological polar surface area (TPSA) is 119 Å². The fourth-order valence-electron chi connectivity index (χ4n) is 4.16. The molecule has 1 amide bonds. The summed E-state index contributed by atoms with van der Waals surface area (Å²) in [6, 6.07) is -0.473. The minimum atomic E-state index is -4.75. The minimum Gasteiger partial charge on any atom is -0.332 e. The predicted octanol–water partition coefficient (Wildman–Crippen LogP) is 2.58. The molecule has 35 heavy (non-hydrogen) atoms. The normalized spacial score (nSPS) is 16.9. The van der Waals surface area contributed by atoms with Crippen LogP contribution in [0.1, 0.15) is 36.8 Å². The monoisotopic (exact) mass is 502 g/mol. The van der Waals surface area contributed by atoms with E-state index in [0.29, 0.717) is 18.6 Å². The summed E-state index contributed by atoms with van der Waals surface area (Å²) in [7, 11) is 0. The number of carbonyl (C=O) groups is 1. The third-order valence-electron chi connectivity index (χ3n) is 5.84. The fraction of sp³-hybridized carbons (Fsp3) is 0.450. The average molecular weight is 502 g/mol. The quantitative estimate of drug-likeness (QED) is 0.395. The molecule has 1 aliphatic rings. The highest BCUT2D eigenvalue weighted by molar-refractivity contribution is 5.77. The number of H-pyrrole nitrogens is 1. The molecule has 3 aromatic rings. The number of carbonyl (C=O) groups excluding carboxylic acids is 1. The van der Waals surface area contributed by atoms with Crippen LogP contribution in [0.4, 0.5) is 26.3 Å². The number of aromatic nitrogens is 6. The molecule has 4 rings (SSSR count). The van der Waals surface area contributed by atoms with Gasteiger partial charge >= 0.3 is 6.18 Å². The van der Waals surface area contributed by atoms with Crippen molar-refractivity contribution in [2.45, 2.75) is 57.5 Å². The highest BCUT2D eigenvalue weighted by Crippen LogP contribution is 2.36. The first-order valence-electron chi connectivity index (χ1n) is 10.6. The molecule has 0 aliphatic carbocycles. The van der Waals surface area contributed by atoms with E-state index in [-0.39, 0.29) is 48.7 Å². The molecule has 0 saturated heterocycles. The average Bonchev–Trinajstić information content (AvgIpc) is 3.43. The number of benzene rings is 1. The summed E-state index contributed by atoms with van der Waals surface area (Å²) in [4.78, 5) is 18.2. The second kappa shape index (κ2) is 9.28. The number of halogens is 6. The van der Waals surface area contributed by atoms with Crippen LogP contribution in [0.15, 0.2) is 12.1 Å². The van der Waals surface area contributed by atoms with Gasteiger partial charge in [0.15, 0.2) is 11.6 Å². The lowest BCUT2D eigenvalue weighted by molar-refractivity contribution is -0.148. The number of nitrogens with two attached hydrogens (primary N) is 1. The van der Waals surface area contributed by atoms with Crippen LogP contribution in [-0.2, 0) is 30.5 Å². The van der Waals surface area contributed by atoms with E-state index in [2.05, 4.69) is 25.6 Å². The van der Waals surface area contributed by atoms with E-state index < -0.39 is 47.4 Å². The van der Waals surface area contributed by atoms with Gasteiger partial charge in [0.2, 0.25) is 17.6 Å². The third-order valence-corrected chi connectivity index (χ3v) is 5.84. The van der Waals surface area contributed by atoms with E-state index in [1.54, 1.807) is 6.92 Å². The lowest BCUT2D eigenvalue weighted by atomic mass is 10.0. The molecule has 0 spiro atoms. The first-order valence-corrected chi connectivity index (χ1v) is 10.6. The highest BCUT2D eigenvalue weighted by atomic mass is 19.4. The maximum Gasteiger partial charge on any atom is 0.449 e. The van der Waals surface area contributed by atoms with Gasteiger partial charge in [-0.1, -0.05) is 6.92 Å². The SMILES string of the molecule is CCC1Cn2c(C(F)(F)F)nc(-c3nn[nH]n3)c2CN1C(=O)C[C@H](N)Cc1cc(F)c(F)cc1F. The standard InChI is InChI=1S/C20H20F6N8O/c1-2-11-7-34-15(17(18-29-31-32-30-18)28-19(34)20(24,25)26)8-33(11)16(35)5-10(27)3-9-4-13(22)14(23)6-12(9)21/h4,6,10-11H,2-3,5,7-8,27H2,1H3,(H,29,30,31,32)/t10-,11?/m1/s1. The maximum absolute atomic E-state index is 14.0. The van der Waals surface area contributed by atoms with Gasteiger partial charge in [0.05, 0.1) is 12.2 Å². The Morgan fingerprint density at radius 2 is 1.94 bits per heavy atom. The van der Waals surface area contributed by atoms with E-state index in [0.717, 1.165) is 4.57 Å². The maximum atomic E-state index is 14.0. The minimum absolute atomic E-state index is 0.0806. The van der Waals surface area contributed by atoms with E-state index >= 15 is 0 Å². The molecule has 0 saturated carbocycles. The molecule has 1 unspecified atom stereocenters. The zero-order chi connectivity index (χ0) is 25.5. The Labute approximate surface area is 194 Å². The zero-order valence-electron chi connectivity index (χ0n) is 18.3. The molecule has 0 fully saturated rings. The van der Waals surface area contributed by atoms with Gasteiger partial charge in [0, 0.05) is 31.1 Å². The van der Waals surface area contributed by atoms with Crippen molar-refractivity contribution in [1.82, 2.24) is 35.1 Å². The van der Waals surface area contributed by atoms with Crippen molar-refractivity contribution in [3.05, 3.63) is 46.7 Å². The number of aromatic amines is 1. The summed E-state index contributed by atoms with van der Waals surface area (Å²) in [5.41, 5.74) is 5.72. The van der Waals surface area contributed by atoms with Gasteiger partial charge in [0.1, 0.15) is 11.5 Å². The summed E-state index contributed by atoms with van der Waals surface area (Å²) >= 11 is 0. The Morgan fingerprint density at radius 3 is 2.57 bits per heavy atom. The molecule has 9 nitrogen and oxygen atoms in total. The molecular weight excluding hydrogens is 482 g/mol. The molecule has 15 heteroatoms. The van der Waals surface area contributed by atoms with Crippen molar-refractivity contribution in [3.63, 3.8) is 0 Å². The molecular formula is C20H20F6N8O. The number of imidazole rings is 1. The number of fused-ring (bicyclic) bond motifs is 1. The second-order valence-corrected chi connectivity index (χ2v) is 8.18. The van der Waals surface area contributed by atoms with Crippen LogP contribution in [0, 0.1) is 17.5 Å². The van der Waals surface area contributed by atoms with Crippen molar-refractivity contribution < 1.29 is 31.1 Å². The molecule has 2 aromatic heterocycles. The second-order valence-electron chi connectivity index (χ2n) is 8.18. The van der Waals surface area contributed by atoms with E-state index in [4.69, 9.17) is 5.73 Å². The number of amides is 1. The molecule has 1 aromatic carbocycles. The molecule has 0 bridgehead atoms. The summed E-state index contributed by atoms with van der Waals surface area (Å²) in [5, 5.41) is 12.9. The zero-order valence-corrected chi connectivity index (χ0v) is 18.3. The molecule has 2 atom stereocenters. The Hall–Kier alpha value is -3.49. The van der Waals surface area contributed by atoms with Gasteiger partial charge < -0.3 is 15.2 Å². The molecule has 188 valence electrons. The van der Waals surface area contributed by atoms with Crippen molar-refractivity contribution in [2.75, 3.05) is 0 Å². The van der Waals surface area contributed by atoms with Gasteiger partial charge in [0.25, 0.3) is 0 Å². The Balaban J connectivity index is 1.58. The molecule has 3 heterocycles. The Morgan fingerprint density at radius 1 is 1.23 bits per heavy atom. The first kappa shape index (κ1) is 24.6. The molecule has 3 N–H and O–H groups in total. The van der Waals surface area contributed by atoms with E-state index in [1.165, 1.54) is 4.90 Å². The molecule has 0 radical (unpaired) electrons. The van der Waals surface area contributed by atoms with Crippen LogP contribution >= 0.6 is 0 Å². The van der Waals surface area contributed by atoms with Crippen LogP contribution < -0.4 is 5.73 Å². The number of hydrogen-bond donors (Lipinski definition) is 2. The van der Waals surface area contributed by atoms with Crippen molar-refractivity contribution in [1.29, 1.82) is 0 Å². The lowest BCUT2D eigenvalue weighted by Gasteiger charge is -2.37. The number of tetrazole rings is 1. The number of rotatable bonds is 6. The highest BCUT2D eigenvalue weighted by Gasteiger charge is 2.43. The van der Waals surface area contributed by atoms with Crippen LogP contribution in [0.25, 0.3) is 11.5 Å². The number of nitrogens with zero attached hydrogens (tertiary/aromatic N) is 6. The summed E-state index contributed by atoms with van der Waals surface area (Å²) < 4.78 is 82.6. The van der Waals surface area contributed by atoms with Crippen LogP contribution in [-0.4, -0.2) is 53.1 Å². The number of alkyl halides is 3. The smallest absolute Gasteiger partial charge is 0.332 e. The molecule has 1 aliphatic heterocycles. The summed E-state index contributed by atoms with van der Waals surface area (Å²) in [6.45, 7) is 1.32. The van der Waals surface area contributed by atoms with Crippen molar-refractivity contribution in [3.8, 4) is 11.5 Å².